The Bertz CT molecular complexity index is 2240. The number of benzene rings is 5. The van der Waals surface area contributed by atoms with Gasteiger partial charge in [-0.3, -0.25) is 0 Å². The third kappa shape index (κ3) is 7.20. The number of ether oxygens (including phenoxy) is 1. The molecule has 2 aromatic heterocycles. The fourth-order valence-electron chi connectivity index (χ4n) is 6.21. The van der Waals surface area contributed by atoms with E-state index in [-0.39, 0.29) is 11.2 Å². The van der Waals surface area contributed by atoms with Crippen LogP contribution < -0.4 is 4.74 Å². The molecule has 0 fully saturated rings. The lowest BCUT2D eigenvalue weighted by atomic mass is 9.85. The summed E-state index contributed by atoms with van der Waals surface area (Å²) in [6.45, 7) is 8.82. The van der Waals surface area contributed by atoms with E-state index < -0.39 is 0 Å². The van der Waals surface area contributed by atoms with Gasteiger partial charge in [-0.05, 0) is 92.9 Å². The number of nitrogens with zero attached hydrogens (tertiary/aromatic N) is 2. The number of para-hydroxylation sites is 1. The van der Waals surface area contributed by atoms with Crippen molar-refractivity contribution in [3.8, 4) is 62.1 Å². The molecule has 0 aliphatic carbocycles. The standard InChI is InChI=1S/C46H40N2O2/c1-31(32-13-7-5-8-14-32)33-19-21-35(22-20-33)36-23-24-47-45(29-36)50-40-26-38(25-39(30-40)46(2,3)4)42-27-37(34-15-9-6-10-16-34)28-43(48-42)41-17-11-12-18-44(41)49/h5-31,49H,1-4H3. The molecule has 1 atom stereocenters. The Kier molecular flexibility index (Phi) is 9.02. The van der Waals surface area contributed by atoms with Crippen molar-refractivity contribution >= 4 is 0 Å². The molecule has 7 rings (SSSR count). The maximum Gasteiger partial charge on any atom is 0.219 e. The number of hydrogen-bond donors (Lipinski definition) is 1. The van der Waals surface area contributed by atoms with Crippen LogP contribution in [-0.2, 0) is 5.41 Å². The predicted molar refractivity (Wildman–Crippen MR) is 205 cm³/mol. The van der Waals surface area contributed by atoms with Crippen LogP contribution in [0.25, 0.3) is 44.8 Å². The molecule has 4 nitrogen and oxygen atoms in total. The second kappa shape index (κ2) is 13.9. The Morgan fingerprint density at radius 2 is 1.20 bits per heavy atom. The maximum absolute atomic E-state index is 10.8. The Morgan fingerprint density at radius 1 is 0.560 bits per heavy atom. The van der Waals surface area contributed by atoms with Gasteiger partial charge in [0.2, 0.25) is 5.88 Å². The minimum absolute atomic E-state index is 0.153. The van der Waals surface area contributed by atoms with Crippen LogP contribution >= 0.6 is 0 Å². The summed E-state index contributed by atoms with van der Waals surface area (Å²) < 4.78 is 6.53. The fourth-order valence-corrected chi connectivity index (χ4v) is 6.21. The fraction of sp³-hybridized carbons (Fsp3) is 0.130. The monoisotopic (exact) mass is 652 g/mol. The van der Waals surface area contributed by atoms with Crippen LogP contribution in [0.5, 0.6) is 17.4 Å². The minimum Gasteiger partial charge on any atom is -0.507 e. The van der Waals surface area contributed by atoms with Crippen molar-refractivity contribution in [2.24, 2.45) is 0 Å². The number of hydrogen-bond acceptors (Lipinski definition) is 4. The van der Waals surface area contributed by atoms with E-state index in [0.717, 1.165) is 39.1 Å². The van der Waals surface area contributed by atoms with Crippen molar-refractivity contribution in [1.29, 1.82) is 0 Å². The van der Waals surface area contributed by atoms with E-state index in [2.05, 4.69) is 118 Å². The summed E-state index contributed by atoms with van der Waals surface area (Å²) in [5, 5.41) is 10.8. The molecule has 1 unspecified atom stereocenters. The number of phenolic OH excluding ortho intramolecular Hbond substituents is 1. The molecule has 0 radical (unpaired) electrons. The Morgan fingerprint density at radius 3 is 1.92 bits per heavy atom. The zero-order valence-corrected chi connectivity index (χ0v) is 28.8. The summed E-state index contributed by atoms with van der Waals surface area (Å²) in [5.41, 5.74) is 10.8. The predicted octanol–water partition coefficient (Wildman–Crippen LogP) is 12.1. The molecule has 2 heterocycles. The van der Waals surface area contributed by atoms with E-state index in [9.17, 15) is 5.11 Å². The summed E-state index contributed by atoms with van der Waals surface area (Å²) in [4.78, 5) is 9.68. The lowest BCUT2D eigenvalue weighted by molar-refractivity contribution is 0.460. The zero-order valence-electron chi connectivity index (χ0n) is 28.8. The first-order chi connectivity index (χ1) is 24.2. The normalized spacial score (nSPS) is 12.0. The van der Waals surface area contributed by atoms with Crippen molar-refractivity contribution in [3.63, 3.8) is 0 Å². The van der Waals surface area contributed by atoms with E-state index in [1.54, 1.807) is 12.3 Å². The van der Waals surface area contributed by atoms with Gasteiger partial charge in [0.1, 0.15) is 11.5 Å². The summed E-state index contributed by atoms with van der Waals surface area (Å²) in [7, 11) is 0. The Labute approximate surface area is 294 Å². The molecule has 0 bridgehead atoms. The van der Waals surface area contributed by atoms with Gasteiger partial charge >= 0.3 is 0 Å². The molecule has 1 N–H and O–H groups in total. The molecule has 50 heavy (non-hydrogen) atoms. The van der Waals surface area contributed by atoms with Crippen molar-refractivity contribution in [1.82, 2.24) is 9.97 Å². The van der Waals surface area contributed by atoms with Crippen LogP contribution in [0.15, 0.2) is 158 Å². The molecular formula is C46H40N2O2. The van der Waals surface area contributed by atoms with E-state index in [1.165, 1.54) is 11.1 Å². The second-order valence-corrected chi connectivity index (χ2v) is 13.7. The number of aromatic hydroxyl groups is 1. The first-order valence-corrected chi connectivity index (χ1v) is 17.0. The Hall–Kier alpha value is -6.00. The first kappa shape index (κ1) is 32.5. The summed E-state index contributed by atoms with van der Waals surface area (Å²) >= 11 is 0. The van der Waals surface area contributed by atoms with E-state index >= 15 is 0 Å². The largest absolute Gasteiger partial charge is 0.507 e. The van der Waals surface area contributed by atoms with Crippen LogP contribution in [0, 0.1) is 0 Å². The highest BCUT2D eigenvalue weighted by Gasteiger charge is 2.19. The van der Waals surface area contributed by atoms with Crippen molar-refractivity contribution < 1.29 is 9.84 Å². The van der Waals surface area contributed by atoms with Gasteiger partial charge in [0, 0.05) is 29.3 Å². The highest BCUT2D eigenvalue weighted by atomic mass is 16.5. The van der Waals surface area contributed by atoms with Crippen molar-refractivity contribution in [2.75, 3.05) is 0 Å². The topological polar surface area (TPSA) is 55.2 Å². The Balaban J connectivity index is 1.24. The molecule has 0 aliphatic heterocycles. The van der Waals surface area contributed by atoms with Gasteiger partial charge in [-0.2, -0.15) is 0 Å². The van der Waals surface area contributed by atoms with Gasteiger partial charge in [0.25, 0.3) is 0 Å². The van der Waals surface area contributed by atoms with E-state index in [1.807, 2.05) is 60.7 Å². The van der Waals surface area contributed by atoms with Crippen molar-refractivity contribution in [2.45, 2.75) is 39.0 Å². The molecule has 0 amide bonds. The average molecular weight is 653 g/mol. The van der Waals surface area contributed by atoms with E-state index in [4.69, 9.17) is 9.72 Å². The molecule has 246 valence electrons. The maximum atomic E-state index is 10.8. The SMILES string of the molecule is CC(c1ccccc1)c1ccc(-c2ccnc(Oc3cc(-c4cc(-c5ccccc5)cc(-c5ccccc5O)n4)cc(C(C)(C)C)c3)c2)cc1. The van der Waals surface area contributed by atoms with Gasteiger partial charge in [-0.15, -0.1) is 0 Å². The second-order valence-electron chi connectivity index (χ2n) is 13.7. The van der Waals surface area contributed by atoms with Crippen LogP contribution in [0.2, 0.25) is 0 Å². The van der Waals surface area contributed by atoms with Gasteiger partial charge in [0.05, 0.1) is 11.4 Å². The quantitative estimate of drug-likeness (QED) is 0.177. The lowest BCUT2D eigenvalue weighted by Crippen LogP contribution is -2.11. The third-order valence-electron chi connectivity index (χ3n) is 9.18. The van der Waals surface area contributed by atoms with Crippen LogP contribution in [0.1, 0.15) is 50.3 Å². The third-order valence-corrected chi connectivity index (χ3v) is 9.18. The molecule has 0 spiro atoms. The minimum atomic E-state index is -0.153. The molecule has 7 aromatic rings. The van der Waals surface area contributed by atoms with E-state index in [0.29, 0.717) is 28.8 Å². The van der Waals surface area contributed by atoms with Crippen LogP contribution in [-0.4, -0.2) is 15.1 Å². The van der Waals surface area contributed by atoms with Gasteiger partial charge in [-0.1, -0.05) is 125 Å². The number of rotatable bonds is 8. The van der Waals surface area contributed by atoms with Gasteiger partial charge in [0.15, 0.2) is 0 Å². The molecule has 0 saturated carbocycles. The number of phenols is 1. The highest BCUT2D eigenvalue weighted by molar-refractivity contribution is 5.79. The summed E-state index contributed by atoms with van der Waals surface area (Å²) in [6, 6.07) is 51.3. The highest BCUT2D eigenvalue weighted by Crippen LogP contribution is 2.38. The smallest absolute Gasteiger partial charge is 0.219 e. The molecule has 5 aromatic carbocycles. The van der Waals surface area contributed by atoms with Gasteiger partial charge < -0.3 is 9.84 Å². The van der Waals surface area contributed by atoms with Gasteiger partial charge in [-0.25, -0.2) is 9.97 Å². The molecule has 0 saturated heterocycles. The summed E-state index contributed by atoms with van der Waals surface area (Å²) in [5.74, 6) is 1.69. The molecule has 4 heteroatoms. The molecule has 0 aliphatic rings. The number of pyridine rings is 2. The number of aromatic nitrogens is 2. The van der Waals surface area contributed by atoms with Crippen molar-refractivity contribution in [3.05, 3.63) is 175 Å². The molecular weight excluding hydrogens is 613 g/mol. The average Bonchev–Trinajstić information content (AvgIpc) is 3.15. The first-order valence-electron chi connectivity index (χ1n) is 17.0. The summed E-state index contributed by atoms with van der Waals surface area (Å²) in [6.07, 6.45) is 1.79. The zero-order chi connectivity index (χ0) is 34.7. The van der Waals surface area contributed by atoms with Crippen LogP contribution in [0.3, 0.4) is 0 Å². The van der Waals surface area contributed by atoms with Crippen LogP contribution in [0.4, 0.5) is 0 Å². The lowest BCUT2D eigenvalue weighted by Gasteiger charge is -2.21.